The molecule has 2 rings (SSSR count). The van der Waals surface area contributed by atoms with Gasteiger partial charge in [-0.05, 0) is 44.8 Å². The highest BCUT2D eigenvalue weighted by Crippen LogP contribution is 2.49. The Bertz CT molecular complexity index is 229. The van der Waals surface area contributed by atoms with Crippen LogP contribution < -0.4 is 0 Å². The van der Waals surface area contributed by atoms with Gasteiger partial charge in [0, 0.05) is 12.0 Å². The quantitative estimate of drug-likeness (QED) is 0.497. The standard InChI is InChI=1S/C11H20OSi/c1-13(2,3)12-9-11-6-4-10(8-11)5-7-11/h4,6,10H,5,7-9H2,1-3H3. The summed E-state index contributed by atoms with van der Waals surface area (Å²) in [6, 6.07) is 0. The lowest BCUT2D eigenvalue weighted by Gasteiger charge is -2.28. The normalized spacial score (nSPS) is 37.3. The minimum atomic E-state index is -1.30. The Morgan fingerprint density at radius 2 is 2.23 bits per heavy atom. The van der Waals surface area contributed by atoms with Gasteiger partial charge in [-0.1, -0.05) is 12.2 Å². The minimum absolute atomic E-state index is 0.449. The van der Waals surface area contributed by atoms with Crippen molar-refractivity contribution in [1.82, 2.24) is 0 Å². The zero-order valence-electron chi connectivity index (χ0n) is 8.97. The molecule has 0 spiro atoms. The lowest BCUT2D eigenvalue weighted by Crippen LogP contribution is -2.32. The van der Waals surface area contributed by atoms with Gasteiger partial charge < -0.3 is 4.43 Å². The van der Waals surface area contributed by atoms with E-state index in [2.05, 4.69) is 31.8 Å². The molecule has 0 N–H and O–H groups in total. The van der Waals surface area contributed by atoms with Crippen LogP contribution in [0.25, 0.3) is 0 Å². The average molecular weight is 196 g/mol. The fraction of sp³-hybridized carbons (Fsp3) is 0.818. The summed E-state index contributed by atoms with van der Waals surface area (Å²) in [7, 11) is -1.30. The topological polar surface area (TPSA) is 9.23 Å². The van der Waals surface area contributed by atoms with Gasteiger partial charge in [-0.25, -0.2) is 0 Å². The highest BCUT2D eigenvalue weighted by molar-refractivity contribution is 6.69. The number of allylic oxidation sites excluding steroid dienone is 1. The molecule has 2 bridgehead atoms. The van der Waals surface area contributed by atoms with Crippen LogP contribution in [0.3, 0.4) is 0 Å². The average Bonchev–Trinajstić information content (AvgIpc) is 2.59. The van der Waals surface area contributed by atoms with Crippen LogP contribution in [0.2, 0.25) is 19.6 Å². The largest absolute Gasteiger partial charge is 0.417 e. The van der Waals surface area contributed by atoms with Crippen LogP contribution in [0.5, 0.6) is 0 Å². The van der Waals surface area contributed by atoms with Crippen LogP contribution in [-0.4, -0.2) is 14.9 Å². The van der Waals surface area contributed by atoms with E-state index in [1.807, 2.05) is 0 Å². The van der Waals surface area contributed by atoms with E-state index in [-0.39, 0.29) is 0 Å². The molecule has 0 aromatic heterocycles. The van der Waals surface area contributed by atoms with Crippen molar-refractivity contribution in [3.63, 3.8) is 0 Å². The highest BCUT2D eigenvalue weighted by atomic mass is 28.4. The summed E-state index contributed by atoms with van der Waals surface area (Å²) in [4.78, 5) is 0. The van der Waals surface area contributed by atoms with Gasteiger partial charge in [0.1, 0.15) is 0 Å². The number of fused-ring (bicyclic) bond motifs is 2. The molecule has 2 aliphatic rings. The molecule has 0 aromatic rings. The SMILES string of the molecule is C[Si](C)(C)OCC12C=CC(CC1)C2. The zero-order valence-corrected chi connectivity index (χ0v) is 9.97. The third-order valence-electron chi connectivity index (χ3n) is 3.20. The smallest absolute Gasteiger partial charge is 0.183 e. The van der Waals surface area contributed by atoms with Crippen molar-refractivity contribution >= 4 is 8.32 Å². The summed E-state index contributed by atoms with van der Waals surface area (Å²) in [5, 5.41) is 0. The van der Waals surface area contributed by atoms with Gasteiger partial charge in [0.25, 0.3) is 0 Å². The van der Waals surface area contributed by atoms with Gasteiger partial charge in [-0.3, -0.25) is 0 Å². The van der Waals surface area contributed by atoms with E-state index >= 15 is 0 Å². The fourth-order valence-electron chi connectivity index (χ4n) is 2.39. The molecule has 2 heteroatoms. The van der Waals surface area contributed by atoms with Gasteiger partial charge >= 0.3 is 0 Å². The minimum Gasteiger partial charge on any atom is -0.417 e. The highest BCUT2D eigenvalue weighted by Gasteiger charge is 2.41. The van der Waals surface area contributed by atoms with Gasteiger partial charge in [0.2, 0.25) is 0 Å². The Balaban J connectivity index is 1.92. The Morgan fingerprint density at radius 1 is 1.46 bits per heavy atom. The molecular weight excluding hydrogens is 176 g/mol. The van der Waals surface area contributed by atoms with Crippen LogP contribution in [0.15, 0.2) is 12.2 Å². The molecule has 1 fully saturated rings. The number of rotatable bonds is 3. The van der Waals surface area contributed by atoms with E-state index in [4.69, 9.17) is 4.43 Å². The van der Waals surface area contributed by atoms with Crippen molar-refractivity contribution in [2.24, 2.45) is 11.3 Å². The first-order valence-electron chi connectivity index (χ1n) is 5.33. The second-order valence-electron chi connectivity index (χ2n) is 5.63. The fourth-order valence-corrected chi connectivity index (χ4v) is 3.11. The molecule has 0 amide bonds. The Kier molecular flexibility index (Phi) is 2.15. The van der Waals surface area contributed by atoms with E-state index in [0.717, 1.165) is 12.5 Å². The Morgan fingerprint density at radius 3 is 2.62 bits per heavy atom. The van der Waals surface area contributed by atoms with E-state index in [1.165, 1.54) is 19.3 Å². The summed E-state index contributed by atoms with van der Waals surface area (Å²) in [6.45, 7) is 7.80. The zero-order chi connectivity index (χ0) is 9.53. The van der Waals surface area contributed by atoms with Crippen LogP contribution in [0.1, 0.15) is 19.3 Å². The third-order valence-corrected chi connectivity index (χ3v) is 4.21. The lowest BCUT2D eigenvalue weighted by atomic mass is 9.89. The van der Waals surface area contributed by atoms with Crippen LogP contribution in [0, 0.1) is 11.3 Å². The van der Waals surface area contributed by atoms with E-state index < -0.39 is 8.32 Å². The van der Waals surface area contributed by atoms with Crippen molar-refractivity contribution in [3.8, 4) is 0 Å². The van der Waals surface area contributed by atoms with Crippen molar-refractivity contribution < 1.29 is 4.43 Å². The Hall–Kier alpha value is -0.0831. The van der Waals surface area contributed by atoms with Gasteiger partial charge in [-0.2, -0.15) is 0 Å². The molecule has 13 heavy (non-hydrogen) atoms. The van der Waals surface area contributed by atoms with Crippen LogP contribution in [0.4, 0.5) is 0 Å². The first-order valence-corrected chi connectivity index (χ1v) is 8.73. The molecule has 0 aromatic carbocycles. The molecule has 0 saturated heterocycles. The van der Waals surface area contributed by atoms with Crippen molar-refractivity contribution in [1.29, 1.82) is 0 Å². The molecule has 74 valence electrons. The summed E-state index contributed by atoms with van der Waals surface area (Å²) < 4.78 is 6.02. The van der Waals surface area contributed by atoms with Crippen molar-refractivity contribution in [3.05, 3.63) is 12.2 Å². The molecule has 2 atom stereocenters. The first-order chi connectivity index (χ1) is 5.99. The monoisotopic (exact) mass is 196 g/mol. The summed E-state index contributed by atoms with van der Waals surface area (Å²) in [5.74, 6) is 0.880. The summed E-state index contributed by atoms with van der Waals surface area (Å²) in [6.07, 6.45) is 8.93. The number of hydrogen-bond donors (Lipinski definition) is 0. The lowest BCUT2D eigenvalue weighted by molar-refractivity contribution is 0.191. The molecule has 0 heterocycles. The predicted molar refractivity (Wildman–Crippen MR) is 58.2 cm³/mol. The Labute approximate surface area is 82.3 Å². The summed E-state index contributed by atoms with van der Waals surface area (Å²) in [5.41, 5.74) is 0.449. The van der Waals surface area contributed by atoms with Gasteiger partial charge in [0.05, 0.1) is 0 Å². The van der Waals surface area contributed by atoms with Crippen molar-refractivity contribution in [2.45, 2.75) is 38.9 Å². The molecule has 0 aliphatic heterocycles. The predicted octanol–water partition coefficient (Wildman–Crippen LogP) is 3.19. The molecule has 0 radical (unpaired) electrons. The van der Waals surface area contributed by atoms with E-state index in [1.54, 1.807) is 0 Å². The summed E-state index contributed by atoms with van der Waals surface area (Å²) >= 11 is 0. The van der Waals surface area contributed by atoms with Crippen LogP contribution in [-0.2, 0) is 4.43 Å². The van der Waals surface area contributed by atoms with Gasteiger partial charge in [-0.15, -0.1) is 0 Å². The number of hydrogen-bond acceptors (Lipinski definition) is 1. The maximum atomic E-state index is 6.02. The molecule has 2 unspecified atom stereocenters. The second kappa shape index (κ2) is 2.96. The van der Waals surface area contributed by atoms with E-state index in [9.17, 15) is 0 Å². The first kappa shape index (κ1) is 9.47. The maximum absolute atomic E-state index is 6.02. The molecule has 1 nitrogen and oxygen atoms in total. The second-order valence-corrected chi connectivity index (χ2v) is 10.1. The van der Waals surface area contributed by atoms with Gasteiger partial charge in [0.15, 0.2) is 8.32 Å². The van der Waals surface area contributed by atoms with E-state index in [0.29, 0.717) is 5.41 Å². The maximum Gasteiger partial charge on any atom is 0.183 e. The molecular formula is C11H20OSi. The molecule has 1 saturated carbocycles. The van der Waals surface area contributed by atoms with Crippen molar-refractivity contribution in [2.75, 3.05) is 6.61 Å². The van der Waals surface area contributed by atoms with Crippen LogP contribution >= 0.6 is 0 Å². The third kappa shape index (κ3) is 2.05. The molecule has 2 aliphatic carbocycles.